The number of amides is 1. The molecule has 23 heavy (non-hydrogen) atoms. The minimum atomic E-state index is 0.107. The number of nitrogens with zero attached hydrogens (tertiary/aromatic N) is 1. The number of hydrogen-bond acceptors (Lipinski definition) is 3. The Bertz CT molecular complexity index is 633. The third kappa shape index (κ3) is 4.43. The Kier molecular flexibility index (Phi) is 5.47. The van der Waals surface area contributed by atoms with Gasteiger partial charge >= 0.3 is 0 Å². The summed E-state index contributed by atoms with van der Waals surface area (Å²) in [5.74, 6) is 0.107. The van der Waals surface area contributed by atoms with Crippen LogP contribution >= 0.6 is 11.3 Å². The fraction of sp³-hybridized carbons (Fsp3) is 0.421. The molecule has 0 radical (unpaired) electrons. The summed E-state index contributed by atoms with van der Waals surface area (Å²) in [5, 5.41) is 7.46. The van der Waals surface area contributed by atoms with Crippen LogP contribution in [0.1, 0.15) is 35.6 Å². The predicted molar refractivity (Wildman–Crippen MR) is 95.8 cm³/mol. The van der Waals surface area contributed by atoms with Gasteiger partial charge in [-0.3, -0.25) is 9.69 Å². The number of benzene rings is 1. The summed E-state index contributed by atoms with van der Waals surface area (Å²) >= 11 is 1.73. The maximum Gasteiger partial charge on any atom is 0.224 e. The van der Waals surface area contributed by atoms with Crippen molar-refractivity contribution in [1.82, 2.24) is 10.2 Å². The second-order valence-electron chi connectivity index (χ2n) is 6.29. The van der Waals surface area contributed by atoms with Crippen LogP contribution in [0.15, 0.2) is 41.1 Å². The summed E-state index contributed by atoms with van der Waals surface area (Å²) in [6.45, 7) is 5.02. The predicted octanol–water partition coefficient (Wildman–Crippen LogP) is 3.55. The number of hydrogen-bond donors (Lipinski definition) is 1. The third-order valence-electron chi connectivity index (χ3n) is 4.45. The molecule has 0 bridgehead atoms. The van der Waals surface area contributed by atoms with Crippen molar-refractivity contribution in [1.29, 1.82) is 0 Å². The van der Waals surface area contributed by atoms with E-state index in [0.29, 0.717) is 19.0 Å². The molecule has 1 aromatic carbocycles. The highest BCUT2D eigenvalue weighted by Crippen LogP contribution is 2.26. The lowest BCUT2D eigenvalue weighted by molar-refractivity contribution is -0.120. The molecule has 1 aliphatic rings. The Balaban J connectivity index is 1.59. The Morgan fingerprint density at radius 1 is 1.30 bits per heavy atom. The van der Waals surface area contributed by atoms with E-state index in [1.807, 2.05) is 12.1 Å². The number of thiophene rings is 1. The first-order valence-electron chi connectivity index (χ1n) is 8.31. The highest BCUT2D eigenvalue weighted by molar-refractivity contribution is 7.07. The topological polar surface area (TPSA) is 32.3 Å². The van der Waals surface area contributed by atoms with Gasteiger partial charge < -0.3 is 5.32 Å². The van der Waals surface area contributed by atoms with Crippen molar-refractivity contribution in [2.45, 2.75) is 32.2 Å². The van der Waals surface area contributed by atoms with Crippen molar-refractivity contribution in [3.8, 4) is 0 Å². The molecule has 2 aromatic rings. The van der Waals surface area contributed by atoms with Crippen LogP contribution < -0.4 is 5.32 Å². The van der Waals surface area contributed by atoms with Gasteiger partial charge in [0.05, 0.1) is 12.5 Å². The molecule has 1 saturated heterocycles. The van der Waals surface area contributed by atoms with E-state index in [9.17, 15) is 4.79 Å². The zero-order valence-electron chi connectivity index (χ0n) is 13.6. The fourth-order valence-corrected chi connectivity index (χ4v) is 3.96. The van der Waals surface area contributed by atoms with Crippen LogP contribution in [0.2, 0.25) is 0 Å². The Labute approximate surface area is 142 Å². The van der Waals surface area contributed by atoms with Crippen molar-refractivity contribution in [3.05, 3.63) is 57.8 Å². The Morgan fingerprint density at radius 3 is 2.83 bits per heavy atom. The smallest absolute Gasteiger partial charge is 0.224 e. The third-order valence-corrected chi connectivity index (χ3v) is 5.15. The lowest BCUT2D eigenvalue weighted by Crippen LogP contribution is -2.37. The van der Waals surface area contributed by atoms with Gasteiger partial charge in [0.2, 0.25) is 5.91 Å². The minimum absolute atomic E-state index is 0.107. The average molecular weight is 328 g/mol. The molecule has 4 heteroatoms. The largest absolute Gasteiger partial charge is 0.354 e. The van der Waals surface area contributed by atoms with E-state index in [1.54, 1.807) is 11.3 Å². The maximum absolute atomic E-state index is 12.3. The molecular formula is C19H24N2OS. The Morgan fingerprint density at radius 2 is 2.13 bits per heavy atom. The number of nitrogens with one attached hydrogen (secondary N) is 1. The summed E-state index contributed by atoms with van der Waals surface area (Å²) in [4.78, 5) is 14.8. The zero-order chi connectivity index (χ0) is 16.1. The van der Waals surface area contributed by atoms with E-state index < -0.39 is 0 Å². The number of carbonyl (C=O) groups excluding carboxylic acids is 1. The fourth-order valence-electron chi connectivity index (χ4n) is 3.26. The molecular weight excluding hydrogens is 304 g/mol. The van der Waals surface area contributed by atoms with Crippen LogP contribution in [0.5, 0.6) is 0 Å². The Hall–Kier alpha value is -1.65. The number of aryl methyl sites for hydroxylation is 1. The molecule has 1 N–H and O–H groups in total. The molecule has 1 atom stereocenters. The first-order chi connectivity index (χ1) is 11.2. The van der Waals surface area contributed by atoms with E-state index in [-0.39, 0.29) is 5.91 Å². The first kappa shape index (κ1) is 16.2. The van der Waals surface area contributed by atoms with Crippen molar-refractivity contribution < 1.29 is 4.79 Å². The second kappa shape index (κ2) is 7.75. The molecule has 1 fully saturated rings. The van der Waals surface area contributed by atoms with Gasteiger partial charge in [-0.1, -0.05) is 29.8 Å². The average Bonchev–Trinajstić information content (AvgIpc) is 3.21. The molecule has 0 spiro atoms. The summed E-state index contributed by atoms with van der Waals surface area (Å²) in [6.07, 6.45) is 2.98. The molecule has 0 aliphatic carbocycles. The van der Waals surface area contributed by atoms with Crippen molar-refractivity contribution >= 4 is 17.2 Å². The number of likely N-dealkylation sites (tertiary alicyclic amines) is 1. The molecule has 3 nitrogen and oxygen atoms in total. The minimum Gasteiger partial charge on any atom is -0.354 e. The van der Waals surface area contributed by atoms with Crippen LogP contribution in [0.25, 0.3) is 0 Å². The van der Waals surface area contributed by atoms with E-state index in [4.69, 9.17) is 0 Å². The highest BCUT2D eigenvalue weighted by atomic mass is 32.1. The molecule has 1 unspecified atom stereocenters. The van der Waals surface area contributed by atoms with E-state index in [1.165, 1.54) is 24.0 Å². The monoisotopic (exact) mass is 328 g/mol. The summed E-state index contributed by atoms with van der Waals surface area (Å²) < 4.78 is 0. The van der Waals surface area contributed by atoms with Crippen molar-refractivity contribution in [3.63, 3.8) is 0 Å². The van der Waals surface area contributed by atoms with Crippen LogP contribution in [0.3, 0.4) is 0 Å². The lowest BCUT2D eigenvalue weighted by Gasteiger charge is -2.27. The van der Waals surface area contributed by atoms with Gasteiger partial charge in [-0.05, 0) is 60.8 Å². The summed E-state index contributed by atoms with van der Waals surface area (Å²) in [5.41, 5.74) is 3.60. The van der Waals surface area contributed by atoms with Crippen LogP contribution in [0, 0.1) is 6.92 Å². The second-order valence-corrected chi connectivity index (χ2v) is 7.07. The summed E-state index contributed by atoms with van der Waals surface area (Å²) in [7, 11) is 0. The molecule has 1 aliphatic heterocycles. The van der Waals surface area contributed by atoms with Gasteiger partial charge in [0.25, 0.3) is 0 Å². The molecule has 0 saturated carbocycles. The standard InChI is InChI=1S/C19H24N2OS/c1-15-5-4-6-16(11-15)12-19(22)20-13-18(17-7-10-23-14-17)21-8-2-3-9-21/h4-7,10-11,14,18H,2-3,8-9,12-13H2,1H3,(H,20,22). The van der Waals surface area contributed by atoms with E-state index >= 15 is 0 Å². The molecule has 122 valence electrons. The van der Waals surface area contributed by atoms with Gasteiger partial charge in [-0.15, -0.1) is 0 Å². The van der Waals surface area contributed by atoms with E-state index in [2.05, 4.69) is 46.1 Å². The van der Waals surface area contributed by atoms with Gasteiger partial charge in [0.15, 0.2) is 0 Å². The van der Waals surface area contributed by atoms with Gasteiger partial charge in [-0.2, -0.15) is 11.3 Å². The van der Waals surface area contributed by atoms with Gasteiger partial charge in [0.1, 0.15) is 0 Å². The number of rotatable bonds is 6. The van der Waals surface area contributed by atoms with Crippen LogP contribution in [0.4, 0.5) is 0 Å². The van der Waals surface area contributed by atoms with Crippen molar-refractivity contribution in [2.75, 3.05) is 19.6 Å². The van der Waals surface area contributed by atoms with Crippen LogP contribution in [-0.2, 0) is 11.2 Å². The first-order valence-corrected chi connectivity index (χ1v) is 9.25. The van der Waals surface area contributed by atoms with Crippen LogP contribution in [-0.4, -0.2) is 30.4 Å². The normalized spacial score (nSPS) is 16.4. The lowest BCUT2D eigenvalue weighted by atomic mass is 10.1. The van der Waals surface area contributed by atoms with Gasteiger partial charge in [-0.25, -0.2) is 0 Å². The molecule has 3 rings (SSSR count). The highest BCUT2D eigenvalue weighted by Gasteiger charge is 2.24. The quantitative estimate of drug-likeness (QED) is 0.879. The van der Waals surface area contributed by atoms with Gasteiger partial charge in [0, 0.05) is 6.54 Å². The summed E-state index contributed by atoms with van der Waals surface area (Å²) in [6, 6.07) is 10.7. The van der Waals surface area contributed by atoms with Crippen molar-refractivity contribution in [2.24, 2.45) is 0 Å². The molecule has 1 amide bonds. The SMILES string of the molecule is Cc1cccc(CC(=O)NCC(c2ccsc2)N2CCCC2)c1. The number of carbonyl (C=O) groups is 1. The van der Waals surface area contributed by atoms with E-state index in [0.717, 1.165) is 18.7 Å². The molecule has 1 aromatic heterocycles. The molecule has 2 heterocycles. The zero-order valence-corrected chi connectivity index (χ0v) is 14.4. The maximum atomic E-state index is 12.3.